The Morgan fingerprint density at radius 1 is 1.06 bits per heavy atom. The van der Waals surface area contributed by atoms with Crippen LogP contribution < -0.4 is 9.47 Å². The van der Waals surface area contributed by atoms with Gasteiger partial charge in [-0.05, 0) is 53.8 Å². The second-order valence-electron chi connectivity index (χ2n) is 9.46. The predicted octanol–water partition coefficient (Wildman–Crippen LogP) is 4.59. The molecule has 0 bridgehead atoms. The van der Waals surface area contributed by atoms with Gasteiger partial charge in [-0.25, -0.2) is 0 Å². The van der Waals surface area contributed by atoms with Crippen molar-refractivity contribution in [2.24, 2.45) is 28.8 Å². The molecule has 35 heavy (non-hydrogen) atoms. The summed E-state index contributed by atoms with van der Waals surface area (Å²) in [6, 6.07) is 4.32. The van der Waals surface area contributed by atoms with E-state index >= 15 is 0 Å². The van der Waals surface area contributed by atoms with E-state index in [1.807, 2.05) is 13.8 Å². The van der Waals surface area contributed by atoms with Crippen LogP contribution in [0.4, 0.5) is 0 Å². The molecule has 0 amide bonds. The first kappa shape index (κ1) is 30.5. The van der Waals surface area contributed by atoms with Gasteiger partial charge in [0.05, 0.1) is 37.9 Å². The summed E-state index contributed by atoms with van der Waals surface area (Å²) < 4.78 is 16.2. The third kappa shape index (κ3) is 9.57. The monoisotopic (exact) mass is 495 g/mol. The van der Waals surface area contributed by atoms with Crippen molar-refractivity contribution in [3.05, 3.63) is 34.2 Å². The minimum absolute atomic E-state index is 0.0258. The summed E-state index contributed by atoms with van der Waals surface area (Å²) in [6.07, 6.45) is -1.26. The number of hydrogen-bond acceptors (Lipinski definition) is 7. The standard InChI is InChI=1S/C25H41N3O7/c1-15(2)18(13-20(27-28-26)21(29)14-19(16(3)4)25(31)32)24(30)17-8-9-22(34-6)23(12-17)35-11-7-10-33-5/h8-9,12,15-16,18-21,24,29-30H,7,10-11,13-14H2,1-6H3,(H,31,32)/t18-,19-,20-,21-,24?/m0/s1. The van der Waals surface area contributed by atoms with Gasteiger partial charge < -0.3 is 29.5 Å². The fraction of sp³-hybridized carbons (Fsp3) is 0.720. The van der Waals surface area contributed by atoms with E-state index < -0.39 is 30.1 Å². The van der Waals surface area contributed by atoms with Crippen molar-refractivity contribution in [3.63, 3.8) is 0 Å². The number of azide groups is 1. The fourth-order valence-corrected chi connectivity index (χ4v) is 4.09. The van der Waals surface area contributed by atoms with Crippen molar-refractivity contribution in [1.82, 2.24) is 0 Å². The number of rotatable bonds is 17. The Bertz CT molecular complexity index is 827. The minimum Gasteiger partial charge on any atom is -0.493 e. The lowest BCUT2D eigenvalue weighted by atomic mass is 9.79. The molecule has 1 aromatic rings. The average Bonchev–Trinajstić information content (AvgIpc) is 2.81. The van der Waals surface area contributed by atoms with Crippen molar-refractivity contribution >= 4 is 5.97 Å². The molecule has 0 heterocycles. The zero-order chi connectivity index (χ0) is 26.5. The van der Waals surface area contributed by atoms with Crippen LogP contribution in [0.5, 0.6) is 11.5 Å². The van der Waals surface area contributed by atoms with Crippen LogP contribution in [0.1, 0.15) is 58.6 Å². The first-order valence-electron chi connectivity index (χ1n) is 12.0. The highest BCUT2D eigenvalue weighted by Gasteiger charge is 2.33. The first-order chi connectivity index (χ1) is 16.6. The van der Waals surface area contributed by atoms with E-state index in [0.29, 0.717) is 36.7 Å². The highest BCUT2D eigenvalue weighted by molar-refractivity contribution is 5.70. The zero-order valence-electron chi connectivity index (χ0n) is 21.6. The number of aliphatic hydroxyl groups excluding tert-OH is 2. The lowest BCUT2D eigenvalue weighted by molar-refractivity contribution is -0.144. The van der Waals surface area contributed by atoms with Gasteiger partial charge in [-0.3, -0.25) is 4.79 Å². The molecule has 0 aromatic heterocycles. The number of benzene rings is 1. The molecule has 0 aliphatic carbocycles. The molecule has 198 valence electrons. The van der Waals surface area contributed by atoms with Gasteiger partial charge >= 0.3 is 5.97 Å². The van der Waals surface area contributed by atoms with Crippen LogP contribution in [-0.4, -0.2) is 60.9 Å². The van der Waals surface area contributed by atoms with Gasteiger partial charge in [-0.1, -0.05) is 38.9 Å². The van der Waals surface area contributed by atoms with Crippen LogP contribution in [0, 0.1) is 23.7 Å². The van der Waals surface area contributed by atoms with E-state index in [2.05, 4.69) is 10.0 Å². The quantitative estimate of drug-likeness (QED) is 0.123. The molecule has 0 aliphatic rings. The molecular weight excluding hydrogens is 454 g/mol. The maximum absolute atomic E-state index is 11.6. The van der Waals surface area contributed by atoms with Gasteiger partial charge in [0, 0.05) is 25.0 Å². The van der Waals surface area contributed by atoms with Gasteiger partial charge in [-0.2, -0.15) is 0 Å². The normalized spacial score (nSPS) is 15.7. The molecule has 0 fully saturated rings. The SMILES string of the molecule is COCCCOc1cc(C(O)[C@@H](C[C@H](N=[N+]=[N-])[C@@H](O)C[C@H](C(=O)O)C(C)C)C(C)C)ccc1OC. The number of ether oxygens (including phenoxy) is 3. The summed E-state index contributed by atoms with van der Waals surface area (Å²) in [7, 11) is 3.16. The van der Waals surface area contributed by atoms with Crippen molar-refractivity contribution in [1.29, 1.82) is 0 Å². The highest BCUT2D eigenvalue weighted by atomic mass is 16.5. The van der Waals surface area contributed by atoms with E-state index in [1.165, 1.54) is 7.11 Å². The molecule has 0 saturated heterocycles. The summed E-state index contributed by atoms with van der Waals surface area (Å²) in [5.41, 5.74) is 9.69. The zero-order valence-corrected chi connectivity index (χ0v) is 21.6. The van der Waals surface area contributed by atoms with Gasteiger partial charge in [0.15, 0.2) is 11.5 Å². The van der Waals surface area contributed by atoms with Crippen molar-refractivity contribution < 1.29 is 34.3 Å². The summed E-state index contributed by atoms with van der Waals surface area (Å²) in [4.78, 5) is 14.5. The van der Waals surface area contributed by atoms with Crippen LogP contribution in [0.15, 0.2) is 23.3 Å². The van der Waals surface area contributed by atoms with E-state index in [1.54, 1.807) is 39.2 Å². The summed E-state index contributed by atoms with van der Waals surface area (Å²) in [6.45, 7) is 8.40. The second-order valence-corrected chi connectivity index (χ2v) is 9.46. The molecule has 0 aliphatic heterocycles. The van der Waals surface area contributed by atoms with Crippen molar-refractivity contribution in [2.45, 2.75) is 65.2 Å². The maximum Gasteiger partial charge on any atom is 0.306 e. The van der Waals surface area contributed by atoms with Crippen LogP contribution >= 0.6 is 0 Å². The molecule has 1 aromatic carbocycles. The third-order valence-electron chi connectivity index (χ3n) is 6.32. The number of carboxylic acids is 1. The number of aliphatic hydroxyl groups is 2. The summed E-state index contributed by atoms with van der Waals surface area (Å²) in [5, 5.41) is 35.3. The summed E-state index contributed by atoms with van der Waals surface area (Å²) in [5.74, 6) is -1.34. The lowest BCUT2D eigenvalue weighted by Gasteiger charge is -2.32. The molecule has 0 spiro atoms. The maximum atomic E-state index is 11.6. The van der Waals surface area contributed by atoms with E-state index in [9.17, 15) is 20.1 Å². The summed E-state index contributed by atoms with van der Waals surface area (Å²) >= 11 is 0. The Hall–Kier alpha value is -2.52. The van der Waals surface area contributed by atoms with Crippen LogP contribution in [0.3, 0.4) is 0 Å². The molecule has 1 unspecified atom stereocenters. The molecule has 5 atom stereocenters. The molecule has 10 nitrogen and oxygen atoms in total. The lowest BCUT2D eigenvalue weighted by Crippen LogP contribution is -2.34. The molecule has 0 radical (unpaired) electrons. The Balaban J connectivity index is 3.13. The van der Waals surface area contributed by atoms with Gasteiger partial charge in [0.25, 0.3) is 0 Å². The number of hydrogen-bond donors (Lipinski definition) is 3. The number of methoxy groups -OCH3 is 2. The van der Waals surface area contributed by atoms with Crippen LogP contribution in [-0.2, 0) is 9.53 Å². The average molecular weight is 496 g/mol. The van der Waals surface area contributed by atoms with Crippen molar-refractivity contribution in [3.8, 4) is 11.5 Å². The van der Waals surface area contributed by atoms with E-state index in [0.717, 1.165) is 0 Å². The van der Waals surface area contributed by atoms with Crippen molar-refractivity contribution in [2.75, 3.05) is 27.4 Å². The highest BCUT2D eigenvalue weighted by Crippen LogP contribution is 2.38. The Morgan fingerprint density at radius 2 is 1.74 bits per heavy atom. The Morgan fingerprint density at radius 3 is 2.26 bits per heavy atom. The van der Waals surface area contributed by atoms with Gasteiger partial charge in [0.1, 0.15) is 0 Å². The largest absolute Gasteiger partial charge is 0.493 e. The third-order valence-corrected chi connectivity index (χ3v) is 6.32. The van der Waals surface area contributed by atoms with Gasteiger partial charge in [-0.15, -0.1) is 0 Å². The minimum atomic E-state index is -1.15. The van der Waals surface area contributed by atoms with E-state index in [4.69, 9.17) is 19.7 Å². The fourth-order valence-electron chi connectivity index (χ4n) is 4.09. The van der Waals surface area contributed by atoms with Crippen LogP contribution in [0.25, 0.3) is 10.4 Å². The molecule has 10 heteroatoms. The number of carboxylic acid groups (broad SMARTS) is 1. The first-order valence-corrected chi connectivity index (χ1v) is 12.0. The second kappa shape index (κ2) is 15.5. The number of carbonyl (C=O) groups is 1. The number of aliphatic carboxylic acids is 1. The molecule has 1 rings (SSSR count). The van der Waals surface area contributed by atoms with Gasteiger partial charge in [0.2, 0.25) is 0 Å². The molecular formula is C25H41N3O7. The smallest absolute Gasteiger partial charge is 0.306 e. The molecule has 0 saturated carbocycles. The van der Waals surface area contributed by atoms with E-state index in [-0.39, 0.29) is 30.6 Å². The van der Waals surface area contributed by atoms with Crippen LogP contribution in [0.2, 0.25) is 0 Å². The number of nitrogens with zero attached hydrogens (tertiary/aromatic N) is 3. The Labute approximate surface area is 207 Å². The predicted molar refractivity (Wildman–Crippen MR) is 132 cm³/mol. The Kier molecular flexibility index (Phi) is 13.5. The molecule has 3 N–H and O–H groups in total. The topological polar surface area (TPSA) is 154 Å².